The Bertz CT molecular complexity index is 763. The van der Waals surface area contributed by atoms with Crippen molar-refractivity contribution in [1.82, 2.24) is 15.8 Å². The molecule has 0 unspecified atom stereocenters. The highest BCUT2D eigenvalue weighted by Crippen LogP contribution is 2.27. The van der Waals surface area contributed by atoms with E-state index in [2.05, 4.69) is 20.6 Å². The van der Waals surface area contributed by atoms with Crippen LogP contribution in [0.25, 0.3) is 10.6 Å². The number of hydrogen-bond acceptors (Lipinski definition) is 5. The summed E-state index contributed by atoms with van der Waals surface area (Å²) in [6, 6.07) is 9.30. The Morgan fingerprint density at radius 1 is 1.19 bits per heavy atom. The van der Waals surface area contributed by atoms with E-state index in [0.29, 0.717) is 15.6 Å². The van der Waals surface area contributed by atoms with Gasteiger partial charge in [0.15, 0.2) is 0 Å². The third-order valence-electron chi connectivity index (χ3n) is 3.08. The lowest BCUT2D eigenvalue weighted by atomic mass is 10.2. The summed E-state index contributed by atoms with van der Waals surface area (Å²) in [5.41, 5.74) is 5.72. The number of benzene rings is 1. The summed E-state index contributed by atoms with van der Waals surface area (Å²) in [6.07, 6.45) is -4.75. The number of thiazole rings is 1. The van der Waals surface area contributed by atoms with Gasteiger partial charge >= 0.3 is 6.18 Å². The maximum atomic E-state index is 12.1. The van der Waals surface area contributed by atoms with Gasteiger partial charge in [-0.15, -0.1) is 11.3 Å². The number of rotatable bonds is 6. The third kappa shape index (κ3) is 6.12. The summed E-state index contributed by atoms with van der Waals surface area (Å²) in [5.74, 6) is -1.21. The molecule has 6 nitrogen and oxygen atoms in total. The van der Waals surface area contributed by atoms with E-state index in [1.54, 1.807) is 6.92 Å². The van der Waals surface area contributed by atoms with Crippen LogP contribution in [0, 0.1) is 6.92 Å². The Morgan fingerprint density at radius 2 is 1.88 bits per heavy atom. The molecule has 1 aromatic carbocycles. The second kappa shape index (κ2) is 8.77. The molecule has 0 bridgehead atoms. The number of carbonyl (C=O) groups is 2. The molecule has 2 N–H and O–H groups in total. The fourth-order valence-electron chi connectivity index (χ4n) is 1.91. The molecule has 0 spiro atoms. The molecule has 26 heavy (non-hydrogen) atoms. The lowest BCUT2D eigenvalue weighted by Gasteiger charge is -2.08. The predicted molar refractivity (Wildman–Crippen MR) is 89.4 cm³/mol. The molecule has 0 radical (unpaired) electrons. The summed E-state index contributed by atoms with van der Waals surface area (Å²) in [6.45, 7) is -0.154. The van der Waals surface area contributed by atoms with Crippen LogP contribution in [0.3, 0.4) is 0 Å². The van der Waals surface area contributed by atoms with Crippen LogP contribution in [0.5, 0.6) is 0 Å². The van der Waals surface area contributed by atoms with Gasteiger partial charge in [0.25, 0.3) is 5.91 Å². The Morgan fingerprint density at radius 3 is 2.54 bits per heavy atom. The van der Waals surface area contributed by atoms with Gasteiger partial charge in [0.1, 0.15) is 16.5 Å². The lowest BCUT2D eigenvalue weighted by Crippen LogP contribution is -2.42. The maximum absolute atomic E-state index is 12.1. The normalized spacial score (nSPS) is 11.2. The predicted octanol–water partition coefficient (Wildman–Crippen LogP) is 2.85. The summed E-state index contributed by atoms with van der Waals surface area (Å²) in [4.78, 5) is 28.3. The first kappa shape index (κ1) is 19.9. The number of amides is 2. The van der Waals surface area contributed by atoms with Gasteiger partial charge in [0.2, 0.25) is 5.91 Å². The van der Waals surface area contributed by atoms with E-state index < -0.39 is 31.2 Å². The van der Waals surface area contributed by atoms with Crippen molar-refractivity contribution >= 4 is 23.2 Å². The van der Waals surface area contributed by atoms with Crippen molar-refractivity contribution < 1.29 is 27.5 Å². The zero-order valence-corrected chi connectivity index (χ0v) is 14.5. The minimum absolute atomic E-state index is 0.312. The Hall–Kier alpha value is -2.46. The van der Waals surface area contributed by atoms with Gasteiger partial charge in [-0.1, -0.05) is 30.3 Å². The van der Waals surface area contributed by atoms with Crippen LogP contribution in [-0.4, -0.2) is 36.2 Å². The number of alkyl halides is 3. The fourth-order valence-corrected chi connectivity index (χ4v) is 2.88. The Balaban J connectivity index is 1.83. The number of hydrogen-bond donors (Lipinski definition) is 2. The molecule has 0 aliphatic rings. The minimum Gasteiger partial charge on any atom is -0.372 e. The first-order valence-corrected chi connectivity index (χ1v) is 8.34. The van der Waals surface area contributed by atoms with Crippen LogP contribution < -0.4 is 10.9 Å². The molecule has 10 heteroatoms. The van der Waals surface area contributed by atoms with Gasteiger partial charge in [-0.05, 0) is 6.92 Å². The van der Waals surface area contributed by atoms with Gasteiger partial charge in [0.05, 0.1) is 18.7 Å². The summed E-state index contributed by atoms with van der Waals surface area (Å²) >= 11 is 1.17. The van der Waals surface area contributed by atoms with E-state index in [1.165, 1.54) is 11.3 Å². The van der Waals surface area contributed by atoms with Crippen molar-refractivity contribution in [3.8, 4) is 10.6 Å². The number of hydrazine groups is 1. The number of nitrogens with one attached hydrogen (secondary N) is 2. The highest BCUT2D eigenvalue weighted by Gasteiger charge is 2.27. The average molecular weight is 387 g/mol. The summed E-state index contributed by atoms with van der Waals surface area (Å²) in [7, 11) is 0. The molecule has 0 saturated carbocycles. The smallest absolute Gasteiger partial charge is 0.372 e. The van der Waals surface area contributed by atoms with Crippen molar-refractivity contribution in [2.75, 3.05) is 13.2 Å². The molecule has 0 aliphatic heterocycles. The van der Waals surface area contributed by atoms with Crippen molar-refractivity contribution in [2.24, 2.45) is 0 Å². The van der Waals surface area contributed by atoms with Crippen LogP contribution in [0.1, 0.15) is 21.8 Å². The van der Waals surface area contributed by atoms with Gasteiger partial charge < -0.3 is 4.74 Å². The van der Waals surface area contributed by atoms with Gasteiger partial charge in [0, 0.05) is 5.56 Å². The fraction of sp³-hybridized carbons (Fsp3) is 0.312. The van der Waals surface area contributed by atoms with E-state index in [9.17, 15) is 22.8 Å². The first-order valence-electron chi connectivity index (χ1n) is 7.53. The largest absolute Gasteiger partial charge is 0.411 e. The SMILES string of the molecule is Cc1nc(-c2ccccc2)sc1C(=O)NNC(=O)CCOCC(F)(F)F. The highest BCUT2D eigenvalue weighted by atomic mass is 32.1. The molecule has 0 saturated heterocycles. The molecule has 2 aromatic rings. The van der Waals surface area contributed by atoms with Gasteiger partial charge in [-0.25, -0.2) is 4.98 Å². The van der Waals surface area contributed by atoms with Gasteiger partial charge in [-0.3, -0.25) is 20.4 Å². The van der Waals surface area contributed by atoms with Gasteiger partial charge in [-0.2, -0.15) is 13.2 Å². The minimum atomic E-state index is -4.44. The van der Waals surface area contributed by atoms with Crippen molar-refractivity contribution in [3.05, 3.63) is 40.9 Å². The quantitative estimate of drug-likeness (QED) is 0.590. The molecule has 0 atom stereocenters. The average Bonchev–Trinajstić information content (AvgIpc) is 2.98. The highest BCUT2D eigenvalue weighted by molar-refractivity contribution is 7.17. The molecular weight excluding hydrogens is 371 g/mol. The van der Waals surface area contributed by atoms with Crippen molar-refractivity contribution in [1.29, 1.82) is 0 Å². The van der Waals surface area contributed by atoms with E-state index in [0.717, 1.165) is 5.56 Å². The number of nitrogens with zero attached hydrogens (tertiary/aromatic N) is 1. The van der Waals surface area contributed by atoms with Crippen LogP contribution in [0.2, 0.25) is 0 Å². The number of carbonyl (C=O) groups excluding carboxylic acids is 2. The van der Waals surface area contributed by atoms with E-state index in [4.69, 9.17) is 0 Å². The van der Waals surface area contributed by atoms with E-state index in [-0.39, 0.29) is 6.42 Å². The maximum Gasteiger partial charge on any atom is 0.411 e. The van der Waals surface area contributed by atoms with Crippen LogP contribution in [0.15, 0.2) is 30.3 Å². The Labute approximate surface area is 151 Å². The number of ether oxygens (including phenoxy) is 1. The molecule has 0 aliphatic carbocycles. The van der Waals surface area contributed by atoms with E-state index >= 15 is 0 Å². The standard InChI is InChI=1S/C16H16F3N3O3S/c1-10-13(26-15(20-10)11-5-3-2-4-6-11)14(24)22-21-12(23)7-8-25-9-16(17,18)19/h2-6H,7-9H2,1H3,(H,21,23)(H,22,24). The molecule has 1 heterocycles. The second-order valence-corrected chi connectivity index (χ2v) is 6.22. The zero-order valence-electron chi connectivity index (χ0n) is 13.7. The Kier molecular flexibility index (Phi) is 6.70. The monoisotopic (exact) mass is 387 g/mol. The third-order valence-corrected chi connectivity index (χ3v) is 4.28. The molecule has 0 fully saturated rings. The van der Waals surface area contributed by atoms with Crippen LogP contribution in [-0.2, 0) is 9.53 Å². The summed E-state index contributed by atoms with van der Waals surface area (Å²) in [5, 5.41) is 0.667. The topological polar surface area (TPSA) is 80.3 Å². The van der Waals surface area contributed by atoms with Crippen molar-refractivity contribution in [3.63, 3.8) is 0 Å². The first-order chi connectivity index (χ1) is 12.3. The van der Waals surface area contributed by atoms with Crippen molar-refractivity contribution in [2.45, 2.75) is 19.5 Å². The molecule has 2 rings (SSSR count). The second-order valence-electron chi connectivity index (χ2n) is 5.22. The zero-order chi connectivity index (χ0) is 19.2. The number of aryl methyl sites for hydroxylation is 1. The van der Waals surface area contributed by atoms with Crippen LogP contribution in [0.4, 0.5) is 13.2 Å². The molecule has 140 valence electrons. The molecular formula is C16H16F3N3O3S. The summed E-state index contributed by atoms with van der Waals surface area (Å²) < 4.78 is 40.0. The lowest BCUT2D eigenvalue weighted by molar-refractivity contribution is -0.174. The van der Waals surface area contributed by atoms with E-state index in [1.807, 2.05) is 30.3 Å². The van der Waals surface area contributed by atoms with Crippen LogP contribution >= 0.6 is 11.3 Å². The molecule has 1 aromatic heterocycles. The molecule has 2 amide bonds. The number of halogens is 3. The number of aromatic nitrogens is 1.